The molecule has 1 saturated heterocycles. The molecule has 2 heterocycles. The van der Waals surface area contributed by atoms with Crippen molar-refractivity contribution in [1.29, 1.82) is 0 Å². The lowest BCUT2D eigenvalue weighted by Gasteiger charge is -2.32. The maximum Gasteiger partial charge on any atom is 0.374 e. The van der Waals surface area contributed by atoms with E-state index in [0.717, 1.165) is 0 Å². The zero-order valence-electron chi connectivity index (χ0n) is 8.94. The van der Waals surface area contributed by atoms with Crippen LogP contribution in [0.25, 0.3) is 0 Å². The summed E-state index contributed by atoms with van der Waals surface area (Å²) in [6.45, 7) is 0.339. The number of carbonyl (C=O) groups is 1. The van der Waals surface area contributed by atoms with E-state index >= 15 is 0 Å². The molecule has 1 aromatic heterocycles. The molecule has 7 heteroatoms. The second-order valence-corrected chi connectivity index (χ2v) is 3.89. The van der Waals surface area contributed by atoms with Crippen molar-refractivity contribution in [1.82, 2.24) is 9.97 Å². The molecule has 1 fully saturated rings. The van der Waals surface area contributed by atoms with Gasteiger partial charge in [-0.1, -0.05) is 0 Å². The smallest absolute Gasteiger partial charge is 0.374 e. The number of hydrogen-bond donors (Lipinski definition) is 1. The standard InChI is InChI=1S/C10H11F2N3O2/c11-10(12)2-5-15(6-3-10)7-1-4-13-8(14-7)9(16)17/h1,4H,2-3,5-6H2,(H,16,17). The highest BCUT2D eigenvalue weighted by Crippen LogP contribution is 2.29. The molecule has 0 amide bonds. The predicted octanol–water partition coefficient (Wildman–Crippen LogP) is 1.41. The predicted molar refractivity (Wildman–Crippen MR) is 55.4 cm³/mol. The van der Waals surface area contributed by atoms with Gasteiger partial charge in [0, 0.05) is 32.1 Å². The average Bonchev–Trinajstić information content (AvgIpc) is 2.29. The first-order chi connectivity index (χ1) is 7.98. The molecule has 1 aromatic rings. The first kappa shape index (κ1) is 11.7. The Hall–Kier alpha value is -1.79. The number of alkyl halides is 2. The molecule has 2 rings (SSSR count). The molecule has 0 unspecified atom stereocenters. The van der Waals surface area contributed by atoms with Crippen LogP contribution in [0.5, 0.6) is 0 Å². The number of rotatable bonds is 2. The van der Waals surface area contributed by atoms with E-state index in [-0.39, 0.29) is 31.8 Å². The van der Waals surface area contributed by atoms with Crippen LogP contribution in [0.1, 0.15) is 23.5 Å². The van der Waals surface area contributed by atoms with Gasteiger partial charge < -0.3 is 10.0 Å². The molecular formula is C10H11F2N3O2. The molecule has 5 nitrogen and oxygen atoms in total. The van der Waals surface area contributed by atoms with Gasteiger partial charge in [0.25, 0.3) is 5.92 Å². The highest BCUT2D eigenvalue weighted by molar-refractivity contribution is 5.83. The zero-order valence-corrected chi connectivity index (χ0v) is 8.94. The van der Waals surface area contributed by atoms with E-state index in [9.17, 15) is 13.6 Å². The normalized spacial score (nSPS) is 19.1. The molecule has 0 aromatic carbocycles. The first-order valence-electron chi connectivity index (χ1n) is 5.17. The second kappa shape index (κ2) is 4.23. The molecule has 17 heavy (non-hydrogen) atoms. The van der Waals surface area contributed by atoms with Gasteiger partial charge in [-0.3, -0.25) is 0 Å². The SMILES string of the molecule is O=C(O)c1nccc(N2CCC(F)(F)CC2)n1. The number of halogens is 2. The highest BCUT2D eigenvalue weighted by Gasteiger charge is 2.34. The minimum atomic E-state index is -2.63. The minimum absolute atomic E-state index is 0.170. The average molecular weight is 243 g/mol. The van der Waals surface area contributed by atoms with E-state index < -0.39 is 11.9 Å². The van der Waals surface area contributed by atoms with Crippen molar-refractivity contribution in [2.45, 2.75) is 18.8 Å². The number of nitrogens with zero attached hydrogens (tertiary/aromatic N) is 3. The second-order valence-electron chi connectivity index (χ2n) is 3.89. The lowest BCUT2D eigenvalue weighted by molar-refractivity contribution is -0.0221. The fraction of sp³-hybridized carbons (Fsp3) is 0.500. The van der Waals surface area contributed by atoms with Crippen LogP contribution in [-0.2, 0) is 0 Å². The lowest BCUT2D eigenvalue weighted by Crippen LogP contribution is -2.39. The number of carboxylic acid groups (broad SMARTS) is 1. The summed E-state index contributed by atoms with van der Waals surface area (Å²) in [5.74, 6) is -3.79. The van der Waals surface area contributed by atoms with Crippen LogP contribution >= 0.6 is 0 Å². The van der Waals surface area contributed by atoms with Gasteiger partial charge in [-0.05, 0) is 6.07 Å². The molecule has 0 atom stereocenters. The van der Waals surface area contributed by atoms with Crippen molar-refractivity contribution in [2.75, 3.05) is 18.0 Å². The quantitative estimate of drug-likeness (QED) is 0.850. The van der Waals surface area contributed by atoms with E-state index in [2.05, 4.69) is 9.97 Å². The first-order valence-corrected chi connectivity index (χ1v) is 5.17. The Kier molecular flexibility index (Phi) is 2.91. The molecule has 1 aliphatic rings. The van der Waals surface area contributed by atoms with Crippen LogP contribution < -0.4 is 4.90 Å². The fourth-order valence-corrected chi connectivity index (χ4v) is 1.69. The van der Waals surface area contributed by atoms with E-state index in [1.807, 2.05) is 0 Å². The Labute approximate surface area is 96.1 Å². The van der Waals surface area contributed by atoms with Crippen molar-refractivity contribution in [3.63, 3.8) is 0 Å². The maximum atomic E-state index is 12.9. The summed E-state index contributed by atoms with van der Waals surface area (Å²) >= 11 is 0. The highest BCUT2D eigenvalue weighted by atomic mass is 19.3. The van der Waals surface area contributed by atoms with E-state index in [1.54, 1.807) is 4.90 Å². The van der Waals surface area contributed by atoms with Crippen molar-refractivity contribution in [2.24, 2.45) is 0 Å². The van der Waals surface area contributed by atoms with Gasteiger partial charge in [-0.15, -0.1) is 0 Å². The molecule has 0 spiro atoms. The molecular weight excluding hydrogens is 232 g/mol. The van der Waals surface area contributed by atoms with Crippen LogP contribution in [-0.4, -0.2) is 40.1 Å². The summed E-state index contributed by atoms with van der Waals surface area (Å²) in [5.41, 5.74) is 0. The largest absolute Gasteiger partial charge is 0.475 e. The van der Waals surface area contributed by atoms with Crippen molar-refractivity contribution in [3.05, 3.63) is 18.1 Å². The summed E-state index contributed by atoms with van der Waals surface area (Å²) in [6.07, 6.45) is 0.845. The molecule has 1 aliphatic heterocycles. The third-order valence-corrected chi connectivity index (χ3v) is 2.65. The third-order valence-electron chi connectivity index (χ3n) is 2.65. The summed E-state index contributed by atoms with van der Waals surface area (Å²) in [5, 5.41) is 8.73. The Morgan fingerprint density at radius 2 is 2.06 bits per heavy atom. The third kappa shape index (κ3) is 2.66. The number of aromatic carboxylic acids is 1. The van der Waals surface area contributed by atoms with E-state index in [1.165, 1.54) is 12.3 Å². The number of aromatic nitrogens is 2. The molecule has 0 saturated carbocycles. The van der Waals surface area contributed by atoms with Gasteiger partial charge in [0.2, 0.25) is 5.82 Å². The lowest BCUT2D eigenvalue weighted by atomic mass is 10.1. The Morgan fingerprint density at radius 1 is 1.41 bits per heavy atom. The topological polar surface area (TPSA) is 66.3 Å². The van der Waals surface area contributed by atoms with Crippen LogP contribution in [0.3, 0.4) is 0 Å². The van der Waals surface area contributed by atoms with Gasteiger partial charge in [0.1, 0.15) is 5.82 Å². The molecule has 0 bridgehead atoms. The van der Waals surface area contributed by atoms with Gasteiger partial charge in [-0.2, -0.15) is 0 Å². The summed E-state index contributed by atoms with van der Waals surface area (Å²) in [6, 6.07) is 1.52. The van der Waals surface area contributed by atoms with Crippen molar-refractivity contribution >= 4 is 11.8 Å². The summed E-state index contributed by atoms with van der Waals surface area (Å²) in [7, 11) is 0. The Morgan fingerprint density at radius 3 is 2.65 bits per heavy atom. The molecule has 1 N–H and O–H groups in total. The van der Waals surface area contributed by atoms with Crippen LogP contribution in [0.2, 0.25) is 0 Å². The number of anilines is 1. The maximum absolute atomic E-state index is 12.9. The molecule has 0 radical (unpaired) electrons. The van der Waals surface area contributed by atoms with Crippen LogP contribution in [0.4, 0.5) is 14.6 Å². The number of hydrogen-bond acceptors (Lipinski definition) is 4. The summed E-state index contributed by atoms with van der Waals surface area (Å²) in [4.78, 5) is 19.7. The van der Waals surface area contributed by atoms with Gasteiger partial charge in [0.15, 0.2) is 0 Å². The van der Waals surface area contributed by atoms with Crippen molar-refractivity contribution < 1.29 is 18.7 Å². The van der Waals surface area contributed by atoms with Crippen LogP contribution in [0, 0.1) is 0 Å². The Bertz CT molecular complexity index is 429. The molecule has 0 aliphatic carbocycles. The zero-order chi connectivity index (χ0) is 12.5. The van der Waals surface area contributed by atoms with E-state index in [4.69, 9.17) is 5.11 Å². The van der Waals surface area contributed by atoms with Crippen LogP contribution in [0.15, 0.2) is 12.3 Å². The van der Waals surface area contributed by atoms with Gasteiger partial charge in [0.05, 0.1) is 0 Å². The molecule has 92 valence electrons. The summed E-state index contributed by atoms with van der Waals surface area (Å²) < 4.78 is 25.9. The van der Waals surface area contributed by atoms with Gasteiger partial charge >= 0.3 is 5.97 Å². The number of carboxylic acids is 1. The number of piperidine rings is 1. The monoisotopic (exact) mass is 243 g/mol. The minimum Gasteiger partial charge on any atom is -0.475 e. The van der Waals surface area contributed by atoms with Gasteiger partial charge in [-0.25, -0.2) is 23.5 Å². The van der Waals surface area contributed by atoms with E-state index in [0.29, 0.717) is 5.82 Å². The van der Waals surface area contributed by atoms with Crippen molar-refractivity contribution in [3.8, 4) is 0 Å². The fourth-order valence-electron chi connectivity index (χ4n) is 1.69. The Balaban J connectivity index is 2.13.